The minimum atomic E-state index is -0.875. The standard InChI is InChI=1S/C27H48N4O3S/c1-20(2)9-6-10-21(3)11-7-12-22(4)13-8-14-23(5)15-18-35-19-24(25(32)31-26(28)33)30-27-29-16-17-34-27/h15-17,20-22,24H,6-14,18-19H2,1-5H3,(H,29,30)(H3,28,31,32,33). The highest BCUT2D eigenvalue weighted by atomic mass is 32.2. The Hall–Kier alpha value is -1.96. The van der Waals surface area contributed by atoms with Gasteiger partial charge in [0.2, 0.25) is 0 Å². The highest BCUT2D eigenvalue weighted by Crippen LogP contribution is 2.22. The van der Waals surface area contributed by atoms with Crippen molar-refractivity contribution in [1.82, 2.24) is 10.3 Å². The molecule has 0 radical (unpaired) electrons. The molecule has 1 heterocycles. The summed E-state index contributed by atoms with van der Waals surface area (Å²) in [4.78, 5) is 27.2. The van der Waals surface area contributed by atoms with Crippen molar-refractivity contribution in [2.24, 2.45) is 23.5 Å². The van der Waals surface area contributed by atoms with Gasteiger partial charge in [0, 0.05) is 11.5 Å². The van der Waals surface area contributed by atoms with Crippen LogP contribution in [0.3, 0.4) is 0 Å². The van der Waals surface area contributed by atoms with E-state index in [4.69, 9.17) is 10.2 Å². The van der Waals surface area contributed by atoms with Gasteiger partial charge in [0.15, 0.2) is 0 Å². The third-order valence-corrected chi connectivity index (χ3v) is 7.24. The van der Waals surface area contributed by atoms with Crippen LogP contribution in [0.2, 0.25) is 0 Å². The number of carbonyl (C=O) groups excluding carboxylic acids is 2. The van der Waals surface area contributed by atoms with Crippen LogP contribution in [0.1, 0.15) is 92.4 Å². The maximum absolute atomic E-state index is 12.2. The van der Waals surface area contributed by atoms with Crippen molar-refractivity contribution in [1.29, 1.82) is 0 Å². The van der Waals surface area contributed by atoms with E-state index in [-0.39, 0.29) is 6.01 Å². The van der Waals surface area contributed by atoms with E-state index in [2.05, 4.69) is 56.3 Å². The van der Waals surface area contributed by atoms with Gasteiger partial charge in [-0.1, -0.05) is 84.3 Å². The third-order valence-electron chi connectivity index (χ3n) is 6.27. The molecule has 200 valence electrons. The zero-order valence-electron chi connectivity index (χ0n) is 22.5. The Morgan fingerprint density at radius 1 is 1.06 bits per heavy atom. The average Bonchev–Trinajstić information content (AvgIpc) is 3.28. The molecule has 8 heteroatoms. The molecule has 4 N–H and O–H groups in total. The number of rotatable bonds is 19. The van der Waals surface area contributed by atoms with Crippen LogP contribution in [-0.2, 0) is 4.79 Å². The molecular formula is C27H48N4O3S. The summed E-state index contributed by atoms with van der Waals surface area (Å²) in [6, 6.07) is -1.31. The fourth-order valence-electron chi connectivity index (χ4n) is 4.03. The summed E-state index contributed by atoms with van der Waals surface area (Å²) in [5, 5.41) is 5.01. The lowest BCUT2D eigenvalue weighted by atomic mass is 9.91. The smallest absolute Gasteiger partial charge is 0.318 e. The zero-order valence-corrected chi connectivity index (χ0v) is 23.3. The van der Waals surface area contributed by atoms with Crippen LogP contribution in [0.25, 0.3) is 0 Å². The third kappa shape index (κ3) is 16.4. The number of amides is 3. The summed E-state index contributed by atoms with van der Waals surface area (Å²) in [6.07, 6.45) is 16.9. The number of imide groups is 1. The van der Waals surface area contributed by atoms with Crippen LogP contribution < -0.4 is 16.4 Å². The molecule has 1 rings (SSSR count). The molecule has 3 atom stereocenters. The zero-order chi connectivity index (χ0) is 26.1. The van der Waals surface area contributed by atoms with Gasteiger partial charge in [0.05, 0.1) is 6.20 Å². The van der Waals surface area contributed by atoms with E-state index < -0.39 is 18.0 Å². The number of allylic oxidation sites excluding steroid dienone is 1. The largest absolute Gasteiger partial charge is 0.432 e. The van der Waals surface area contributed by atoms with E-state index in [0.29, 0.717) is 5.75 Å². The Balaban J connectivity index is 2.22. The molecule has 0 saturated carbocycles. The minimum absolute atomic E-state index is 0.233. The number of nitrogens with two attached hydrogens (primary N) is 1. The molecule has 0 fully saturated rings. The Morgan fingerprint density at radius 3 is 2.26 bits per heavy atom. The van der Waals surface area contributed by atoms with E-state index in [9.17, 15) is 9.59 Å². The van der Waals surface area contributed by atoms with Gasteiger partial charge < -0.3 is 15.5 Å². The lowest BCUT2D eigenvalue weighted by molar-refractivity contribution is -0.120. The molecular weight excluding hydrogens is 460 g/mol. The van der Waals surface area contributed by atoms with Crippen molar-refractivity contribution in [3.63, 3.8) is 0 Å². The number of carbonyl (C=O) groups is 2. The Bertz CT molecular complexity index is 737. The SMILES string of the molecule is CC(=CCSCC(Nc1ncco1)C(=O)NC(N)=O)CCCC(C)CCCC(C)CCCC(C)C. The van der Waals surface area contributed by atoms with Crippen LogP contribution in [0.5, 0.6) is 0 Å². The van der Waals surface area contributed by atoms with Crippen molar-refractivity contribution in [3.8, 4) is 0 Å². The number of hydrogen-bond donors (Lipinski definition) is 3. The molecule has 3 amide bonds. The van der Waals surface area contributed by atoms with Crippen molar-refractivity contribution < 1.29 is 14.0 Å². The van der Waals surface area contributed by atoms with Crippen molar-refractivity contribution in [2.75, 3.05) is 16.8 Å². The van der Waals surface area contributed by atoms with E-state index >= 15 is 0 Å². The highest BCUT2D eigenvalue weighted by molar-refractivity contribution is 7.99. The summed E-state index contributed by atoms with van der Waals surface area (Å²) in [5.41, 5.74) is 6.46. The normalized spacial score (nSPS) is 14.5. The fourth-order valence-corrected chi connectivity index (χ4v) is 5.04. The molecule has 0 aliphatic carbocycles. The number of primary amides is 1. The molecule has 1 aromatic heterocycles. The molecule has 0 spiro atoms. The van der Waals surface area contributed by atoms with E-state index in [1.165, 1.54) is 69.4 Å². The second-order valence-electron chi connectivity index (χ2n) is 10.3. The lowest BCUT2D eigenvalue weighted by Crippen LogP contribution is -2.46. The number of thioether (sulfide) groups is 1. The number of urea groups is 1. The number of nitrogens with one attached hydrogen (secondary N) is 2. The van der Waals surface area contributed by atoms with E-state index in [1.807, 2.05) is 0 Å². The maximum Gasteiger partial charge on any atom is 0.318 e. The predicted octanol–water partition coefficient (Wildman–Crippen LogP) is 6.77. The number of nitrogens with zero attached hydrogens (tertiary/aromatic N) is 1. The fraction of sp³-hybridized carbons (Fsp3) is 0.741. The molecule has 0 aliphatic rings. The molecule has 7 nitrogen and oxygen atoms in total. The Kier molecular flexibility index (Phi) is 16.3. The predicted molar refractivity (Wildman–Crippen MR) is 147 cm³/mol. The van der Waals surface area contributed by atoms with Gasteiger partial charge in [-0.15, -0.1) is 0 Å². The van der Waals surface area contributed by atoms with Gasteiger partial charge in [-0.3, -0.25) is 10.1 Å². The van der Waals surface area contributed by atoms with Crippen LogP contribution in [0, 0.1) is 17.8 Å². The van der Waals surface area contributed by atoms with Crippen LogP contribution in [-0.4, -0.2) is 34.5 Å². The van der Waals surface area contributed by atoms with Crippen molar-refractivity contribution >= 4 is 29.7 Å². The first-order chi connectivity index (χ1) is 16.7. The van der Waals surface area contributed by atoms with Crippen LogP contribution in [0.15, 0.2) is 28.5 Å². The van der Waals surface area contributed by atoms with Crippen LogP contribution in [0.4, 0.5) is 10.8 Å². The summed E-state index contributed by atoms with van der Waals surface area (Å²) >= 11 is 1.61. The van der Waals surface area contributed by atoms with Crippen LogP contribution >= 0.6 is 11.8 Å². The number of aromatic nitrogens is 1. The maximum atomic E-state index is 12.2. The monoisotopic (exact) mass is 508 g/mol. The summed E-state index contributed by atoms with van der Waals surface area (Å²) in [5.74, 6) is 3.22. The first-order valence-corrected chi connectivity index (χ1v) is 14.3. The molecule has 35 heavy (non-hydrogen) atoms. The molecule has 3 unspecified atom stereocenters. The molecule has 1 aromatic rings. The number of anilines is 1. The van der Waals surface area contributed by atoms with Gasteiger partial charge in [-0.2, -0.15) is 11.8 Å². The highest BCUT2D eigenvalue weighted by Gasteiger charge is 2.21. The number of oxazole rings is 1. The van der Waals surface area contributed by atoms with Crippen molar-refractivity contribution in [2.45, 2.75) is 98.4 Å². The van der Waals surface area contributed by atoms with Crippen molar-refractivity contribution in [3.05, 3.63) is 24.1 Å². The number of hydrogen-bond acceptors (Lipinski definition) is 6. The average molecular weight is 509 g/mol. The van der Waals surface area contributed by atoms with E-state index in [0.717, 1.165) is 29.9 Å². The Morgan fingerprint density at radius 2 is 1.69 bits per heavy atom. The molecule has 0 bridgehead atoms. The van der Waals surface area contributed by atoms with E-state index in [1.54, 1.807) is 11.8 Å². The van der Waals surface area contributed by atoms with Gasteiger partial charge in [0.25, 0.3) is 11.9 Å². The first-order valence-electron chi connectivity index (χ1n) is 13.2. The molecule has 0 aromatic carbocycles. The Labute approximate surface area is 216 Å². The minimum Gasteiger partial charge on any atom is -0.432 e. The van der Waals surface area contributed by atoms with Gasteiger partial charge >= 0.3 is 6.03 Å². The first kappa shape index (κ1) is 31.1. The van der Waals surface area contributed by atoms with Gasteiger partial charge in [-0.25, -0.2) is 9.78 Å². The lowest BCUT2D eigenvalue weighted by Gasteiger charge is -2.16. The summed E-state index contributed by atoms with van der Waals surface area (Å²) in [6.45, 7) is 11.6. The molecule has 0 aliphatic heterocycles. The summed E-state index contributed by atoms with van der Waals surface area (Å²) < 4.78 is 5.15. The second-order valence-corrected chi connectivity index (χ2v) is 11.4. The van der Waals surface area contributed by atoms with Gasteiger partial charge in [-0.05, 0) is 37.5 Å². The quantitative estimate of drug-likeness (QED) is 0.140. The van der Waals surface area contributed by atoms with Gasteiger partial charge in [0.1, 0.15) is 12.3 Å². The topological polar surface area (TPSA) is 110 Å². The second kappa shape index (κ2) is 18.3. The summed E-state index contributed by atoms with van der Waals surface area (Å²) in [7, 11) is 0. The molecule has 0 saturated heterocycles.